The van der Waals surface area contributed by atoms with Crippen molar-refractivity contribution in [3.05, 3.63) is 30.3 Å². The van der Waals surface area contributed by atoms with Gasteiger partial charge in [-0.25, -0.2) is 14.9 Å². The van der Waals surface area contributed by atoms with Gasteiger partial charge in [0.1, 0.15) is 9.85 Å². The molecule has 0 heterocycles. The zero-order valence-corrected chi connectivity index (χ0v) is 10.3. The maximum absolute atomic E-state index is 11.0. The molecular weight excluding hydrogens is 292 g/mol. The lowest BCUT2D eigenvalue weighted by atomic mass is 10.4. The van der Waals surface area contributed by atoms with E-state index in [9.17, 15) is 35.1 Å². The predicted octanol–water partition coefficient (Wildman–Crippen LogP) is -0.511. The summed E-state index contributed by atoms with van der Waals surface area (Å²) < 4.78 is 4.39. The highest BCUT2D eigenvalue weighted by Gasteiger charge is 2.58. The Hall–Kier alpha value is -2.24. The molecule has 0 aromatic carbocycles. The highest BCUT2D eigenvalue weighted by atomic mass is 35.5. The minimum atomic E-state index is -3.32. The van der Waals surface area contributed by atoms with E-state index in [4.69, 9.17) is 11.6 Å². The van der Waals surface area contributed by atoms with Crippen molar-refractivity contribution in [3.8, 4) is 0 Å². The standard InChI is InChI=1S/C6H9ClN4O8/c1-2-19-5(12)3-8(11(17)18)4-6(7,9(13)14)10(15)16/h2-4H2,1H3. The van der Waals surface area contributed by atoms with Gasteiger partial charge in [-0.2, -0.15) is 0 Å². The van der Waals surface area contributed by atoms with Crippen molar-refractivity contribution in [2.75, 3.05) is 19.7 Å². The van der Waals surface area contributed by atoms with E-state index in [2.05, 4.69) is 4.74 Å². The summed E-state index contributed by atoms with van der Waals surface area (Å²) in [5.74, 6) is -1.06. The number of hydrogen-bond acceptors (Lipinski definition) is 8. The Kier molecular flexibility index (Phi) is 5.85. The second-order valence-corrected chi connectivity index (χ2v) is 3.70. The number of rotatable bonds is 8. The summed E-state index contributed by atoms with van der Waals surface area (Å²) in [6, 6.07) is 0. The second-order valence-electron chi connectivity index (χ2n) is 3.10. The van der Waals surface area contributed by atoms with Crippen LogP contribution >= 0.6 is 11.6 Å². The summed E-state index contributed by atoms with van der Waals surface area (Å²) >= 11 is 5.11. The molecule has 0 saturated heterocycles. The molecule has 0 aliphatic carbocycles. The molecule has 0 aromatic rings. The van der Waals surface area contributed by atoms with Gasteiger partial charge in [0, 0.05) is 0 Å². The summed E-state index contributed by atoms with van der Waals surface area (Å²) in [7, 11) is 0. The average Bonchev–Trinajstić information content (AvgIpc) is 2.27. The van der Waals surface area contributed by atoms with Gasteiger partial charge in [-0.3, -0.25) is 20.2 Å². The number of alkyl halides is 1. The molecule has 0 aliphatic rings. The molecule has 19 heavy (non-hydrogen) atoms. The summed E-state index contributed by atoms with van der Waals surface area (Å²) in [6.07, 6.45) is 0. The molecule has 0 N–H and O–H groups in total. The predicted molar refractivity (Wildman–Crippen MR) is 57.8 cm³/mol. The lowest BCUT2D eigenvalue weighted by Crippen LogP contribution is -2.53. The third-order valence-corrected chi connectivity index (χ3v) is 2.19. The highest BCUT2D eigenvalue weighted by Crippen LogP contribution is 2.18. The minimum Gasteiger partial charge on any atom is -0.465 e. The van der Waals surface area contributed by atoms with Gasteiger partial charge in [0.25, 0.3) is 0 Å². The SMILES string of the molecule is CCOC(=O)CN(CC(Cl)([N+](=O)[O-])[N+](=O)[O-])[N+](=O)[O-]. The Morgan fingerprint density at radius 1 is 1.26 bits per heavy atom. The van der Waals surface area contributed by atoms with Crippen molar-refractivity contribution in [2.45, 2.75) is 12.0 Å². The van der Waals surface area contributed by atoms with Crippen LogP contribution in [0.4, 0.5) is 0 Å². The molecule has 0 aromatic heterocycles. The van der Waals surface area contributed by atoms with Gasteiger partial charge < -0.3 is 4.74 Å². The first-order valence-corrected chi connectivity index (χ1v) is 5.05. The topological polar surface area (TPSA) is 159 Å². The first kappa shape index (κ1) is 16.8. The summed E-state index contributed by atoms with van der Waals surface area (Å²) in [5, 5.41) is 27.0. The fraction of sp³-hybridized carbons (Fsp3) is 0.833. The van der Waals surface area contributed by atoms with Gasteiger partial charge >= 0.3 is 11.1 Å². The number of carbonyl (C=O) groups is 1. The number of hydrazine groups is 1. The molecule has 0 rings (SSSR count). The van der Waals surface area contributed by atoms with Crippen LogP contribution in [0.5, 0.6) is 0 Å². The lowest BCUT2D eigenvalue weighted by molar-refractivity contribution is -0.781. The van der Waals surface area contributed by atoms with Crippen molar-refractivity contribution >= 4 is 17.6 Å². The van der Waals surface area contributed by atoms with Gasteiger partial charge in [-0.1, -0.05) is 0 Å². The van der Waals surface area contributed by atoms with Crippen LogP contribution in [-0.2, 0) is 9.53 Å². The monoisotopic (exact) mass is 300 g/mol. The average molecular weight is 301 g/mol. The molecule has 0 amide bonds. The maximum atomic E-state index is 11.0. The van der Waals surface area contributed by atoms with E-state index in [1.165, 1.54) is 6.92 Å². The van der Waals surface area contributed by atoms with E-state index in [-0.39, 0.29) is 11.6 Å². The lowest BCUT2D eigenvalue weighted by Gasteiger charge is -2.15. The van der Waals surface area contributed by atoms with Crippen molar-refractivity contribution in [2.24, 2.45) is 0 Å². The van der Waals surface area contributed by atoms with E-state index < -0.39 is 39.1 Å². The smallest absolute Gasteiger partial charge is 0.465 e. The van der Waals surface area contributed by atoms with Gasteiger partial charge in [0.2, 0.25) is 6.54 Å². The zero-order valence-electron chi connectivity index (χ0n) is 9.55. The molecule has 0 radical (unpaired) electrons. The maximum Gasteiger partial charge on any atom is 0.559 e. The highest BCUT2D eigenvalue weighted by molar-refractivity contribution is 6.21. The van der Waals surface area contributed by atoms with E-state index >= 15 is 0 Å². The third-order valence-electron chi connectivity index (χ3n) is 1.79. The normalized spacial score (nSPS) is 10.6. The number of esters is 1. The summed E-state index contributed by atoms with van der Waals surface area (Å²) in [4.78, 5) is 39.6. The Bertz CT molecular complexity index is 387. The number of ether oxygens (including phenoxy) is 1. The number of carbonyl (C=O) groups excluding carboxylic acids is 1. The van der Waals surface area contributed by atoms with Crippen LogP contribution in [0.15, 0.2) is 0 Å². The van der Waals surface area contributed by atoms with Gasteiger partial charge in [0.05, 0.1) is 18.2 Å². The van der Waals surface area contributed by atoms with E-state index in [0.717, 1.165) is 0 Å². The minimum absolute atomic E-state index is 0.0589. The fourth-order valence-corrected chi connectivity index (χ4v) is 1.08. The third kappa shape index (κ3) is 4.50. The molecule has 108 valence electrons. The van der Waals surface area contributed by atoms with Gasteiger partial charge in [0.15, 0.2) is 11.6 Å². The number of hydrogen-bond donors (Lipinski definition) is 0. The van der Waals surface area contributed by atoms with E-state index in [1.54, 1.807) is 0 Å². The molecule has 0 aliphatic heterocycles. The molecule has 0 saturated carbocycles. The van der Waals surface area contributed by atoms with Crippen LogP contribution in [0, 0.1) is 30.3 Å². The van der Waals surface area contributed by atoms with Crippen LogP contribution in [0.2, 0.25) is 0 Å². The van der Waals surface area contributed by atoms with Crippen molar-refractivity contribution in [1.82, 2.24) is 5.01 Å². The molecule has 13 heteroatoms. The second kappa shape index (κ2) is 6.63. The molecule has 0 spiro atoms. The largest absolute Gasteiger partial charge is 0.559 e. The van der Waals surface area contributed by atoms with E-state index in [0.29, 0.717) is 0 Å². The molecular formula is C6H9ClN4O8. The number of nitro groups is 3. The van der Waals surface area contributed by atoms with Crippen molar-refractivity contribution < 1.29 is 24.4 Å². The van der Waals surface area contributed by atoms with Crippen LogP contribution < -0.4 is 0 Å². The van der Waals surface area contributed by atoms with Gasteiger partial charge in [-0.05, 0) is 6.92 Å². The van der Waals surface area contributed by atoms with Gasteiger partial charge in [-0.15, -0.1) is 5.01 Å². The summed E-state index contributed by atoms with van der Waals surface area (Å²) in [6.45, 7) is -1.04. The Morgan fingerprint density at radius 2 is 1.74 bits per heavy atom. The first-order valence-electron chi connectivity index (χ1n) is 4.68. The number of nitrogens with zero attached hydrogens (tertiary/aromatic N) is 4. The fourth-order valence-electron chi connectivity index (χ4n) is 0.941. The molecule has 0 atom stereocenters. The Labute approximate surface area is 110 Å². The quantitative estimate of drug-likeness (QED) is 0.143. The Balaban J connectivity index is 5.02. The molecule has 0 unspecified atom stereocenters. The zero-order chi connectivity index (χ0) is 15.2. The number of halogens is 1. The van der Waals surface area contributed by atoms with Crippen LogP contribution in [0.1, 0.15) is 6.92 Å². The Morgan fingerprint density at radius 3 is 2.05 bits per heavy atom. The first-order chi connectivity index (χ1) is 8.65. The molecule has 12 nitrogen and oxygen atoms in total. The molecule has 0 fully saturated rings. The molecule has 0 bridgehead atoms. The van der Waals surface area contributed by atoms with Crippen LogP contribution in [-0.4, -0.2) is 50.7 Å². The van der Waals surface area contributed by atoms with Crippen LogP contribution in [0.25, 0.3) is 0 Å². The van der Waals surface area contributed by atoms with E-state index in [1.807, 2.05) is 0 Å². The van der Waals surface area contributed by atoms with Crippen molar-refractivity contribution in [1.29, 1.82) is 0 Å². The summed E-state index contributed by atoms with van der Waals surface area (Å²) in [5.41, 5.74) is 0. The van der Waals surface area contributed by atoms with Crippen LogP contribution in [0.3, 0.4) is 0 Å². The van der Waals surface area contributed by atoms with Crippen molar-refractivity contribution in [3.63, 3.8) is 0 Å².